The number of rotatable bonds is 2. The zero-order chi connectivity index (χ0) is 11.7. The lowest BCUT2D eigenvalue weighted by molar-refractivity contribution is 0.480. The van der Waals surface area contributed by atoms with Crippen molar-refractivity contribution in [2.45, 2.75) is 25.8 Å². The van der Waals surface area contributed by atoms with Gasteiger partial charge < -0.3 is 5.32 Å². The summed E-state index contributed by atoms with van der Waals surface area (Å²) in [5, 5.41) is 7.95. The predicted molar refractivity (Wildman–Crippen MR) is 67.1 cm³/mol. The molecule has 4 nitrogen and oxygen atoms in total. The number of nitrogens with one attached hydrogen (secondary N) is 1. The normalized spacial score (nSPS) is 18.5. The van der Waals surface area contributed by atoms with E-state index in [0.717, 1.165) is 19.4 Å². The Balaban J connectivity index is 2.03. The fourth-order valence-electron chi connectivity index (χ4n) is 2.42. The SMILES string of the molecule is CCc1cnn2c1NCCC2c1cccnc1. The van der Waals surface area contributed by atoms with Crippen LogP contribution < -0.4 is 5.32 Å². The first-order valence-corrected chi connectivity index (χ1v) is 6.10. The number of aryl methyl sites for hydroxylation is 1. The molecular formula is C13H16N4. The molecule has 0 fully saturated rings. The molecule has 1 atom stereocenters. The summed E-state index contributed by atoms with van der Waals surface area (Å²) < 4.78 is 2.10. The molecule has 2 aromatic rings. The van der Waals surface area contributed by atoms with E-state index in [1.807, 2.05) is 24.7 Å². The Labute approximate surface area is 101 Å². The van der Waals surface area contributed by atoms with Crippen molar-refractivity contribution in [2.75, 3.05) is 11.9 Å². The van der Waals surface area contributed by atoms with Crippen LogP contribution in [0.2, 0.25) is 0 Å². The van der Waals surface area contributed by atoms with Gasteiger partial charge in [0.25, 0.3) is 0 Å². The van der Waals surface area contributed by atoms with E-state index in [1.54, 1.807) is 0 Å². The van der Waals surface area contributed by atoms with Crippen LogP contribution in [0.15, 0.2) is 30.7 Å². The van der Waals surface area contributed by atoms with Crippen LogP contribution in [0.3, 0.4) is 0 Å². The van der Waals surface area contributed by atoms with E-state index in [2.05, 4.69) is 33.1 Å². The van der Waals surface area contributed by atoms with Gasteiger partial charge in [0.05, 0.1) is 12.2 Å². The van der Waals surface area contributed by atoms with Gasteiger partial charge >= 0.3 is 0 Å². The van der Waals surface area contributed by atoms with Gasteiger partial charge in [0.2, 0.25) is 0 Å². The molecule has 0 aliphatic carbocycles. The maximum Gasteiger partial charge on any atom is 0.128 e. The van der Waals surface area contributed by atoms with E-state index in [4.69, 9.17) is 0 Å². The van der Waals surface area contributed by atoms with Gasteiger partial charge in [-0.15, -0.1) is 0 Å². The van der Waals surface area contributed by atoms with Crippen LogP contribution in [0.1, 0.15) is 30.5 Å². The van der Waals surface area contributed by atoms with Gasteiger partial charge in [-0.25, -0.2) is 4.68 Å². The van der Waals surface area contributed by atoms with Crippen molar-refractivity contribution in [2.24, 2.45) is 0 Å². The van der Waals surface area contributed by atoms with Crippen LogP contribution >= 0.6 is 0 Å². The lowest BCUT2D eigenvalue weighted by Crippen LogP contribution is -2.24. The lowest BCUT2D eigenvalue weighted by Gasteiger charge is -2.26. The highest BCUT2D eigenvalue weighted by atomic mass is 15.4. The first-order valence-electron chi connectivity index (χ1n) is 6.10. The minimum atomic E-state index is 0.320. The fraction of sp³-hybridized carbons (Fsp3) is 0.385. The largest absolute Gasteiger partial charge is 0.370 e. The van der Waals surface area contributed by atoms with Gasteiger partial charge in [0.15, 0.2) is 0 Å². The molecule has 4 heteroatoms. The van der Waals surface area contributed by atoms with Crippen molar-refractivity contribution >= 4 is 5.82 Å². The quantitative estimate of drug-likeness (QED) is 0.857. The molecule has 0 saturated carbocycles. The highest BCUT2D eigenvalue weighted by Gasteiger charge is 2.23. The number of nitrogens with zero attached hydrogens (tertiary/aromatic N) is 3. The van der Waals surface area contributed by atoms with Crippen LogP contribution in [0.4, 0.5) is 5.82 Å². The van der Waals surface area contributed by atoms with Gasteiger partial charge in [-0.3, -0.25) is 4.98 Å². The molecule has 2 aromatic heterocycles. The maximum atomic E-state index is 4.51. The summed E-state index contributed by atoms with van der Waals surface area (Å²) in [7, 11) is 0. The molecule has 0 spiro atoms. The minimum Gasteiger partial charge on any atom is -0.370 e. The molecule has 0 bridgehead atoms. The summed E-state index contributed by atoms with van der Waals surface area (Å²) in [6.07, 6.45) is 7.79. The van der Waals surface area contributed by atoms with E-state index >= 15 is 0 Å². The summed E-state index contributed by atoms with van der Waals surface area (Å²) >= 11 is 0. The average Bonchev–Trinajstić information content (AvgIpc) is 2.82. The zero-order valence-corrected chi connectivity index (χ0v) is 9.93. The van der Waals surface area contributed by atoms with Crippen molar-refractivity contribution < 1.29 is 0 Å². The summed E-state index contributed by atoms with van der Waals surface area (Å²) in [4.78, 5) is 4.20. The maximum absolute atomic E-state index is 4.51. The molecule has 3 rings (SSSR count). The molecule has 17 heavy (non-hydrogen) atoms. The smallest absolute Gasteiger partial charge is 0.128 e. The second-order valence-corrected chi connectivity index (χ2v) is 4.33. The molecule has 1 aliphatic heterocycles. The van der Waals surface area contributed by atoms with Crippen molar-refractivity contribution in [1.29, 1.82) is 0 Å². The van der Waals surface area contributed by atoms with E-state index in [9.17, 15) is 0 Å². The van der Waals surface area contributed by atoms with Crippen molar-refractivity contribution in [1.82, 2.24) is 14.8 Å². The molecule has 3 heterocycles. The first kappa shape index (κ1) is 10.3. The zero-order valence-electron chi connectivity index (χ0n) is 9.93. The Morgan fingerprint density at radius 3 is 3.18 bits per heavy atom. The molecule has 0 radical (unpaired) electrons. The third kappa shape index (κ3) is 1.69. The van der Waals surface area contributed by atoms with E-state index in [-0.39, 0.29) is 0 Å². The molecule has 0 aromatic carbocycles. The van der Waals surface area contributed by atoms with E-state index in [1.165, 1.54) is 16.9 Å². The van der Waals surface area contributed by atoms with Crippen LogP contribution in [0.25, 0.3) is 0 Å². The summed E-state index contributed by atoms with van der Waals surface area (Å²) in [6, 6.07) is 4.43. The summed E-state index contributed by atoms with van der Waals surface area (Å²) in [5.41, 5.74) is 2.53. The highest BCUT2D eigenvalue weighted by molar-refractivity contribution is 5.46. The Morgan fingerprint density at radius 2 is 2.41 bits per heavy atom. The van der Waals surface area contributed by atoms with E-state index in [0.29, 0.717) is 6.04 Å². The number of anilines is 1. The molecule has 1 N–H and O–H groups in total. The van der Waals surface area contributed by atoms with Crippen LogP contribution in [-0.4, -0.2) is 21.3 Å². The lowest BCUT2D eigenvalue weighted by atomic mass is 10.0. The Hall–Kier alpha value is -1.84. The summed E-state index contributed by atoms with van der Waals surface area (Å²) in [6.45, 7) is 3.16. The highest BCUT2D eigenvalue weighted by Crippen LogP contribution is 2.30. The third-order valence-corrected chi connectivity index (χ3v) is 3.33. The number of hydrogen-bond donors (Lipinski definition) is 1. The minimum absolute atomic E-state index is 0.320. The second kappa shape index (κ2) is 4.20. The predicted octanol–water partition coefficient (Wildman–Crippen LogP) is 2.25. The van der Waals surface area contributed by atoms with Crippen LogP contribution in [0.5, 0.6) is 0 Å². The van der Waals surface area contributed by atoms with Gasteiger partial charge in [0.1, 0.15) is 5.82 Å². The Kier molecular flexibility index (Phi) is 2.55. The molecule has 1 aliphatic rings. The number of hydrogen-bond acceptors (Lipinski definition) is 3. The first-order chi connectivity index (χ1) is 8.40. The molecule has 88 valence electrons. The standard InChI is InChI=1S/C13H16N4/c1-2-10-9-16-17-12(5-7-15-13(10)17)11-4-3-6-14-8-11/h3-4,6,8-9,12,15H,2,5,7H2,1H3. The van der Waals surface area contributed by atoms with Crippen LogP contribution in [-0.2, 0) is 6.42 Å². The van der Waals surface area contributed by atoms with Crippen molar-refractivity contribution in [3.63, 3.8) is 0 Å². The molecular weight excluding hydrogens is 212 g/mol. The molecule has 0 saturated heterocycles. The Bertz CT molecular complexity index is 503. The summed E-state index contributed by atoms with van der Waals surface area (Å²) in [5.74, 6) is 1.17. The van der Waals surface area contributed by atoms with Crippen molar-refractivity contribution in [3.05, 3.63) is 41.9 Å². The van der Waals surface area contributed by atoms with Gasteiger partial charge in [-0.1, -0.05) is 13.0 Å². The third-order valence-electron chi connectivity index (χ3n) is 3.33. The Morgan fingerprint density at radius 1 is 1.47 bits per heavy atom. The average molecular weight is 228 g/mol. The topological polar surface area (TPSA) is 42.7 Å². The number of fused-ring (bicyclic) bond motifs is 1. The fourth-order valence-corrected chi connectivity index (χ4v) is 2.42. The van der Waals surface area contributed by atoms with E-state index < -0.39 is 0 Å². The monoisotopic (exact) mass is 228 g/mol. The molecule has 0 amide bonds. The number of aromatic nitrogens is 3. The second-order valence-electron chi connectivity index (χ2n) is 4.33. The number of pyridine rings is 1. The van der Waals surface area contributed by atoms with Crippen molar-refractivity contribution in [3.8, 4) is 0 Å². The van der Waals surface area contributed by atoms with Gasteiger partial charge in [-0.2, -0.15) is 5.10 Å². The van der Waals surface area contributed by atoms with Gasteiger partial charge in [0, 0.05) is 24.5 Å². The van der Waals surface area contributed by atoms with Crippen LogP contribution in [0, 0.1) is 0 Å². The molecule has 1 unspecified atom stereocenters. The van der Waals surface area contributed by atoms with Gasteiger partial charge in [-0.05, 0) is 24.5 Å².